The summed E-state index contributed by atoms with van der Waals surface area (Å²) in [7, 11) is 3.61. The summed E-state index contributed by atoms with van der Waals surface area (Å²) in [6.07, 6.45) is 1.22. The molecule has 1 saturated heterocycles. The average molecular weight is 281 g/mol. The van der Waals surface area contributed by atoms with Crippen LogP contribution in [-0.4, -0.2) is 47.1 Å². The second-order valence-corrected chi connectivity index (χ2v) is 5.38. The smallest absolute Gasteiger partial charge is 0.175 e. The standard InChI is InChI=1S/C13H23N5O2/c1-8-5-6-18(7-10(8)20-4)13-11(12(14)16-19)9(2)15-17(13)3/h8,10,19H,5-7H2,1-4H3,(H2,14,16). The molecular formula is C13H23N5O2. The minimum absolute atomic E-state index is 0.0955. The van der Waals surface area contributed by atoms with Gasteiger partial charge in [0.25, 0.3) is 0 Å². The van der Waals surface area contributed by atoms with Gasteiger partial charge in [-0.15, -0.1) is 0 Å². The molecular weight excluding hydrogens is 258 g/mol. The van der Waals surface area contributed by atoms with Crippen LogP contribution in [0.1, 0.15) is 24.6 Å². The zero-order valence-corrected chi connectivity index (χ0v) is 12.5. The molecule has 2 atom stereocenters. The van der Waals surface area contributed by atoms with E-state index in [0.29, 0.717) is 11.5 Å². The second-order valence-electron chi connectivity index (χ2n) is 5.38. The van der Waals surface area contributed by atoms with Gasteiger partial charge in [0.2, 0.25) is 0 Å². The lowest BCUT2D eigenvalue weighted by Gasteiger charge is -2.37. The fraction of sp³-hybridized carbons (Fsp3) is 0.692. The normalized spacial score (nSPS) is 24.2. The van der Waals surface area contributed by atoms with Crippen molar-refractivity contribution in [3.63, 3.8) is 0 Å². The average Bonchev–Trinajstić information content (AvgIpc) is 2.73. The van der Waals surface area contributed by atoms with Crippen LogP contribution < -0.4 is 10.6 Å². The molecule has 2 unspecified atom stereocenters. The van der Waals surface area contributed by atoms with Crippen molar-refractivity contribution in [1.29, 1.82) is 0 Å². The Balaban J connectivity index is 2.38. The van der Waals surface area contributed by atoms with Crippen LogP contribution in [0.3, 0.4) is 0 Å². The van der Waals surface area contributed by atoms with Crippen LogP contribution in [0.2, 0.25) is 0 Å². The predicted octanol–water partition coefficient (Wildman–Crippen LogP) is 0.684. The van der Waals surface area contributed by atoms with E-state index in [2.05, 4.69) is 22.1 Å². The predicted molar refractivity (Wildman–Crippen MR) is 77.2 cm³/mol. The first-order chi connectivity index (χ1) is 9.49. The van der Waals surface area contributed by atoms with Gasteiger partial charge < -0.3 is 20.6 Å². The lowest BCUT2D eigenvalue weighted by molar-refractivity contribution is 0.0495. The number of ether oxygens (including phenoxy) is 1. The number of hydrogen-bond donors (Lipinski definition) is 2. The van der Waals surface area contributed by atoms with E-state index < -0.39 is 0 Å². The van der Waals surface area contributed by atoms with Crippen LogP contribution in [0.25, 0.3) is 0 Å². The lowest BCUT2D eigenvalue weighted by atomic mass is 9.95. The monoisotopic (exact) mass is 281 g/mol. The molecule has 2 heterocycles. The summed E-state index contributed by atoms with van der Waals surface area (Å²) in [4.78, 5) is 2.20. The minimum Gasteiger partial charge on any atom is -0.409 e. The van der Waals surface area contributed by atoms with Gasteiger partial charge in [-0.05, 0) is 19.3 Å². The maximum atomic E-state index is 8.97. The maximum absolute atomic E-state index is 8.97. The quantitative estimate of drug-likeness (QED) is 0.368. The third kappa shape index (κ3) is 2.45. The number of nitrogens with two attached hydrogens (primary N) is 1. The number of aryl methyl sites for hydroxylation is 2. The highest BCUT2D eigenvalue weighted by Crippen LogP contribution is 2.28. The summed E-state index contributed by atoms with van der Waals surface area (Å²) in [6.45, 7) is 5.75. The Morgan fingerprint density at radius 1 is 1.55 bits per heavy atom. The third-order valence-corrected chi connectivity index (χ3v) is 4.05. The van der Waals surface area contributed by atoms with Gasteiger partial charge in [0.05, 0.1) is 17.4 Å². The number of oxime groups is 1. The van der Waals surface area contributed by atoms with Gasteiger partial charge in [0.15, 0.2) is 5.84 Å². The topological polar surface area (TPSA) is 88.9 Å². The van der Waals surface area contributed by atoms with Gasteiger partial charge in [-0.3, -0.25) is 4.68 Å². The molecule has 1 aromatic rings. The summed E-state index contributed by atoms with van der Waals surface area (Å²) in [6, 6.07) is 0. The molecule has 20 heavy (non-hydrogen) atoms. The fourth-order valence-corrected chi connectivity index (χ4v) is 2.89. The van der Waals surface area contributed by atoms with E-state index in [9.17, 15) is 0 Å². The van der Waals surface area contributed by atoms with Crippen LogP contribution in [0.15, 0.2) is 5.16 Å². The van der Waals surface area contributed by atoms with Crippen LogP contribution in [0.4, 0.5) is 5.82 Å². The second kappa shape index (κ2) is 5.70. The van der Waals surface area contributed by atoms with Crippen LogP contribution in [-0.2, 0) is 11.8 Å². The number of amidine groups is 1. The number of anilines is 1. The van der Waals surface area contributed by atoms with E-state index in [1.54, 1.807) is 11.8 Å². The molecule has 2 rings (SSSR count). The van der Waals surface area contributed by atoms with Gasteiger partial charge in [-0.25, -0.2) is 0 Å². The molecule has 0 spiro atoms. The van der Waals surface area contributed by atoms with E-state index in [-0.39, 0.29) is 11.9 Å². The largest absolute Gasteiger partial charge is 0.409 e. The van der Waals surface area contributed by atoms with E-state index in [1.807, 2.05) is 14.0 Å². The third-order valence-electron chi connectivity index (χ3n) is 4.05. The molecule has 1 aliphatic rings. The van der Waals surface area contributed by atoms with Gasteiger partial charge in [-0.1, -0.05) is 12.1 Å². The first kappa shape index (κ1) is 14.6. The molecule has 1 aliphatic heterocycles. The fourth-order valence-electron chi connectivity index (χ4n) is 2.89. The zero-order chi connectivity index (χ0) is 14.9. The van der Waals surface area contributed by atoms with Crippen molar-refractivity contribution in [3.05, 3.63) is 11.3 Å². The lowest BCUT2D eigenvalue weighted by Crippen LogP contribution is -2.45. The minimum atomic E-state index is 0.0955. The van der Waals surface area contributed by atoms with Crippen molar-refractivity contribution in [3.8, 4) is 0 Å². The SMILES string of the molecule is COC1CN(c2c(C(N)=NO)c(C)nn2C)CCC1C. The molecule has 7 nitrogen and oxygen atoms in total. The Morgan fingerprint density at radius 3 is 2.85 bits per heavy atom. The number of methoxy groups -OCH3 is 1. The molecule has 0 aromatic carbocycles. The molecule has 3 N–H and O–H groups in total. The number of piperidine rings is 1. The molecule has 0 amide bonds. The Labute approximate surface area is 119 Å². The number of aromatic nitrogens is 2. The Bertz CT molecular complexity index is 511. The number of rotatable bonds is 3. The van der Waals surface area contributed by atoms with Crippen molar-refractivity contribution in [2.24, 2.45) is 23.9 Å². The summed E-state index contributed by atoms with van der Waals surface area (Å²) in [5, 5.41) is 16.5. The van der Waals surface area contributed by atoms with E-state index in [4.69, 9.17) is 15.7 Å². The molecule has 1 aromatic heterocycles. The first-order valence-corrected chi connectivity index (χ1v) is 6.78. The van der Waals surface area contributed by atoms with E-state index in [1.165, 1.54) is 0 Å². The van der Waals surface area contributed by atoms with E-state index in [0.717, 1.165) is 31.0 Å². The summed E-state index contributed by atoms with van der Waals surface area (Å²) < 4.78 is 7.33. The highest BCUT2D eigenvalue weighted by molar-refractivity contribution is 6.02. The zero-order valence-electron chi connectivity index (χ0n) is 12.5. The highest BCUT2D eigenvalue weighted by atomic mass is 16.5. The Morgan fingerprint density at radius 2 is 2.25 bits per heavy atom. The molecule has 0 radical (unpaired) electrons. The number of nitrogens with zero attached hydrogens (tertiary/aromatic N) is 4. The number of hydrogen-bond acceptors (Lipinski definition) is 5. The molecule has 7 heteroatoms. The van der Waals surface area contributed by atoms with Gasteiger partial charge in [0, 0.05) is 27.2 Å². The molecule has 112 valence electrons. The van der Waals surface area contributed by atoms with Crippen molar-refractivity contribution in [2.75, 3.05) is 25.1 Å². The first-order valence-electron chi connectivity index (χ1n) is 6.78. The maximum Gasteiger partial charge on any atom is 0.175 e. The van der Waals surface area contributed by atoms with Crippen molar-refractivity contribution in [1.82, 2.24) is 9.78 Å². The van der Waals surface area contributed by atoms with Crippen LogP contribution in [0, 0.1) is 12.8 Å². The van der Waals surface area contributed by atoms with Gasteiger partial charge >= 0.3 is 0 Å². The summed E-state index contributed by atoms with van der Waals surface area (Å²) in [5.41, 5.74) is 7.25. The van der Waals surface area contributed by atoms with E-state index >= 15 is 0 Å². The molecule has 0 saturated carbocycles. The molecule has 0 aliphatic carbocycles. The summed E-state index contributed by atoms with van der Waals surface area (Å²) in [5.74, 6) is 1.50. The van der Waals surface area contributed by atoms with Crippen molar-refractivity contribution < 1.29 is 9.94 Å². The van der Waals surface area contributed by atoms with Crippen molar-refractivity contribution in [2.45, 2.75) is 26.4 Å². The van der Waals surface area contributed by atoms with Crippen LogP contribution >= 0.6 is 0 Å². The Hall–Kier alpha value is -1.76. The van der Waals surface area contributed by atoms with Gasteiger partial charge in [0.1, 0.15) is 5.82 Å². The molecule has 0 bridgehead atoms. The highest BCUT2D eigenvalue weighted by Gasteiger charge is 2.30. The molecule has 1 fully saturated rings. The Kier molecular flexibility index (Phi) is 4.17. The summed E-state index contributed by atoms with van der Waals surface area (Å²) >= 11 is 0. The van der Waals surface area contributed by atoms with Crippen LogP contribution in [0.5, 0.6) is 0 Å². The van der Waals surface area contributed by atoms with Gasteiger partial charge in [-0.2, -0.15) is 5.10 Å². The van der Waals surface area contributed by atoms with Crippen molar-refractivity contribution >= 4 is 11.7 Å².